The Bertz CT molecular complexity index is 2890. The van der Waals surface area contributed by atoms with Gasteiger partial charge < -0.3 is 19.6 Å². The molecule has 0 N–H and O–H groups in total. The molecule has 0 saturated heterocycles. The van der Waals surface area contributed by atoms with Gasteiger partial charge in [0.25, 0.3) is 0 Å². The molecule has 0 atom stereocenters. The summed E-state index contributed by atoms with van der Waals surface area (Å²) in [6.07, 6.45) is 7.44. The molecule has 0 fully saturated rings. The van der Waals surface area contributed by atoms with Crippen LogP contribution in [0.15, 0.2) is 195 Å². The van der Waals surface area contributed by atoms with Crippen LogP contribution in [0.1, 0.15) is 0 Å². The predicted octanol–water partition coefficient (Wildman–Crippen LogP) is 13.2. The number of hydrogen-bond donors (Lipinski definition) is 0. The second kappa shape index (κ2) is 12.7. The molecular formula is C50H32N8. The zero-order valence-corrected chi connectivity index (χ0v) is 31.1. The third-order valence-corrected chi connectivity index (χ3v) is 11.2. The van der Waals surface area contributed by atoms with Gasteiger partial charge >= 0.3 is 0 Å². The van der Waals surface area contributed by atoms with Gasteiger partial charge in [-0.2, -0.15) is 0 Å². The molecule has 0 saturated carbocycles. The maximum Gasteiger partial charge on any atom is 0.0989 e. The first kappa shape index (κ1) is 32.2. The number of benzene rings is 7. The van der Waals surface area contributed by atoms with E-state index in [9.17, 15) is 0 Å². The van der Waals surface area contributed by atoms with Gasteiger partial charge in [-0.25, -0.2) is 0 Å². The normalized spacial score (nSPS) is 13.0. The molecule has 0 unspecified atom stereocenters. The molecule has 272 valence electrons. The monoisotopic (exact) mass is 744 g/mol. The Labute approximate surface area is 334 Å². The van der Waals surface area contributed by atoms with Crippen LogP contribution in [0.4, 0.5) is 68.2 Å². The largest absolute Gasteiger partial charge is 0.306 e. The Morgan fingerprint density at radius 2 is 0.517 bits per heavy atom. The van der Waals surface area contributed by atoms with Gasteiger partial charge in [0.05, 0.1) is 91.3 Å². The van der Waals surface area contributed by atoms with E-state index < -0.39 is 0 Å². The zero-order valence-electron chi connectivity index (χ0n) is 31.1. The minimum Gasteiger partial charge on any atom is -0.306 e. The highest BCUT2D eigenvalue weighted by Crippen LogP contribution is 2.56. The zero-order chi connectivity index (χ0) is 38.2. The van der Waals surface area contributed by atoms with Crippen LogP contribution in [-0.2, 0) is 0 Å². The smallest absolute Gasteiger partial charge is 0.0989 e. The number of anilines is 12. The summed E-state index contributed by atoms with van der Waals surface area (Å²) >= 11 is 0. The molecule has 7 aromatic carbocycles. The van der Waals surface area contributed by atoms with E-state index in [1.165, 1.54) is 0 Å². The van der Waals surface area contributed by atoms with Crippen molar-refractivity contribution in [2.75, 3.05) is 19.6 Å². The van der Waals surface area contributed by atoms with Crippen molar-refractivity contribution in [1.82, 2.24) is 19.9 Å². The van der Waals surface area contributed by atoms with Gasteiger partial charge in [0, 0.05) is 34.5 Å². The molecule has 0 bridgehead atoms. The highest BCUT2D eigenvalue weighted by molar-refractivity contribution is 6.22. The fourth-order valence-electron chi connectivity index (χ4n) is 8.78. The molecule has 8 nitrogen and oxygen atoms in total. The molecular weight excluding hydrogens is 713 g/mol. The molecule has 12 rings (SSSR count). The molecule has 2 aliphatic heterocycles. The molecule has 10 aromatic rings. The van der Waals surface area contributed by atoms with Crippen LogP contribution in [0.3, 0.4) is 0 Å². The van der Waals surface area contributed by atoms with Crippen LogP contribution >= 0.6 is 0 Å². The fraction of sp³-hybridized carbons (Fsp3) is 0. The molecule has 0 amide bonds. The van der Waals surface area contributed by atoms with E-state index in [-0.39, 0.29) is 0 Å². The molecule has 0 spiro atoms. The van der Waals surface area contributed by atoms with E-state index in [2.05, 4.69) is 189 Å². The van der Waals surface area contributed by atoms with Crippen molar-refractivity contribution in [3.05, 3.63) is 195 Å². The fourth-order valence-corrected chi connectivity index (χ4v) is 8.78. The Balaban J connectivity index is 1.04. The van der Waals surface area contributed by atoms with Gasteiger partial charge in [0.1, 0.15) is 0 Å². The van der Waals surface area contributed by atoms with Crippen molar-refractivity contribution in [3.63, 3.8) is 0 Å². The number of hydrogen-bond acceptors (Lipinski definition) is 8. The minimum atomic E-state index is 0.775. The van der Waals surface area contributed by atoms with Crippen LogP contribution in [0, 0.1) is 0 Å². The first-order chi connectivity index (χ1) is 28.8. The van der Waals surface area contributed by atoms with E-state index in [0.29, 0.717) is 0 Å². The first-order valence-corrected chi connectivity index (χ1v) is 19.3. The van der Waals surface area contributed by atoms with E-state index in [1.54, 1.807) is 12.4 Å². The lowest BCUT2D eigenvalue weighted by Crippen LogP contribution is -2.24. The number of fused-ring (bicyclic) bond motifs is 10. The number of nitrogens with zero attached hydrogens (tertiary/aromatic N) is 8. The van der Waals surface area contributed by atoms with Crippen LogP contribution in [0.5, 0.6) is 0 Å². The molecule has 5 heterocycles. The Kier molecular flexibility index (Phi) is 7.06. The summed E-state index contributed by atoms with van der Waals surface area (Å²) in [4.78, 5) is 29.6. The number of aromatic nitrogens is 4. The van der Waals surface area contributed by atoms with Crippen molar-refractivity contribution in [2.24, 2.45) is 0 Å². The van der Waals surface area contributed by atoms with Crippen LogP contribution in [0.25, 0.3) is 32.8 Å². The summed E-state index contributed by atoms with van der Waals surface area (Å²) in [6.45, 7) is 0. The predicted molar refractivity (Wildman–Crippen MR) is 236 cm³/mol. The molecule has 0 radical (unpaired) electrons. The van der Waals surface area contributed by atoms with Gasteiger partial charge in [0.2, 0.25) is 0 Å². The summed E-state index contributed by atoms with van der Waals surface area (Å²) in [7, 11) is 0. The van der Waals surface area contributed by atoms with Crippen molar-refractivity contribution >= 4 is 101 Å². The van der Waals surface area contributed by atoms with Crippen LogP contribution in [-0.4, -0.2) is 19.9 Å². The Morgan fingerprint density at radius 3 is 0.828 bits per heavy atom. The number of pyridine rings is 2. The quantitative estimate of drug-likeness (QED) is 0.165. The maximum absolute atomic E-state index is 5.21. The van der Waals surface area contributed by atoms with Crippen LogP contribution < -0.4 is 19.6 Å². The summed E-state index contributed by atoms with van der Waals surface area (Å²) in [6, 6.07) is 59.5. The average Bonchev–Trinajstić information content (AvgIpc) is 3.30. The third-order valence-electron chi connectivity index (χ3n) is 11.2. The van der Waals surface area contributed by atoms with Gasteiger partial charge in [-0.3, -0.25) is 19.9 Å². The minimum absolute atomic E-state index is 0.775. The van der Waals surface area contributed by atoms with Crippen molar-refractivity contribution in [3.8, 4) is 0 Å². The highest BCUT2D eigenvalue weighted by atomic mass is 15.3. The lowest BCUT2D eigenvalue weighted by molar-refractivity contribution is 1.16. The van der Waals surface area contributed by atoms with E-state index in [0.717, 1.165) is 101 Å². The Hall–Kier alpha value is -8.10. The standard InChI is InChI=1S/C50H32N8/c1-3-15-33(16-4-1)55-39-19-7-11-23-43(39)57(44-24-12-8-20-40(44)55)35-29-37-47-48(52-28-27-51-47)38-30-36(32-54-50(38)49(37)53-31-35)58-45-25-13-9-21-41(45)56(34-17-5-2-6-18-34)42-22-10-14-26-46(42)58/h1-32H. The number of para-hydroxylation sites is 10. The maximum atomic E-state index is 5.21. The summed E-state index contributed by atoms with van der Waals surface area (Å²) in [5.74, 6) is 0. The topological polar surface area (TPSA) is 64.5 Å². The third kappa shape index (κ3) is 4.75. The highest BCUT2D eigenvalue weighted by Gasteiger charge is 2.32. The van der Waals surface area contributed by atoms with Crippen molar-refractivity contribution in [1.29, 1.82) is 0 Å². The second-order valence-corrected chi connectivity index (χ2v) is 14.4. The number of rotatable bonds is 4. The van der Waals surface area contributed by atoms with Gasteiger partial charge in [-0.05, 0) is 84.9 Å². The lowest BCUT2D eigenvalue weighted by Gasteiger charge is -2.40. The van der Waals surface area contributed by atoms with E-state index in [1.807, 2.05) is 12.4 Å². The SMILES string of the molecule is c1ccc(N2c3ccccc3N(c3cnc4c(c3)c3nccnc3c3cc(N5c6ccccc6N(c6ccccc6)c6ccccc65)cnc34)c3ccccc32)cc1. The van der Waals surface area contributed by atoms with Gasteiger partial charge in [-0.1, -0.05) is 84.9 Å². The van der Waals surface area contributed by atoms with Crippen molar-refractivity contribution < 1.29 is 0 Å². The van der Waals surface area contributed by atoms with E-state index >= 15 is 0 Å². The average molecular weight is 745 g/mol. The van der Waals surface area contributed by atoms with Crippen molar-refractivity contribution in [2.45, 2.75) is 0 Å². The second-order valence-electron chi connectivity index (χ2n) is 14.4. The molecule has 0 aliphatic carbocycles. The summed E-state index contributed by atoms with van der Waals surface area (Å²) in [5, 5.41) is 1.78. The van der Waals surface area contributed by atoms with E-state index in [4.69, 9.17) is 19.9 Å². The molecule has 58 heavy (non-hydrogen) atoms. The lowest BCUT2D eigenvalue weighted by atomic mass is 10.0. The Morgan fingerprint density at radius 1 is 0.259 bits per heavy atom. The summed E-state index contributed by atoms with van der Waals surface area (Å²) < 4.78 is 0. The molecule has 2 aliphatic rings. The first-order valence-electron chi connectivity index (χ1n) is 19.3. The molecule has 3 aromatic heterocycles. The molecule has 8 heteroatoms. The van der Waals surface area contributed by atoms with Gasteiger partial charge in [0.15, 0.2) is 0 Å². The van der Waals surface area contributed by atoms with Gasteiger partial charge in [-0.15, -0.1) is 0 Å². The van der Waals surface area contributed by atoms with Crippen LogP contribution in [0.2, 0.25) is 0 Å². The summed E-state index contributed by atoms with van der Waals surface area (Å²) in [5.41, 5.74) is 15.7.